The number of rotatable bonds is 5. The van der Waals surface area contributed by atoms with Crippen molar-refractivity contribution in [2.45, 2.75) is 27.4 Å². The Balaban J connectivity index is 2.12. The number of nitrogens with two attached hydrogens (primary N) is 1. The Bertz CT molecular complexity index is 818. The smallest absolute Gasteiger partial charge is 0.269 e. The van der Waals surface area contributed by atoms with E-state index in [0.29, 0.717) is 17.9 Å². The van der Waals surface area contributed by atoms with Crippen molar-refractivity contribution in [1.82, 2.24) is 10.9 Å². The molecule has 2 rings (SSSR count). The van der Waals surface area contributed by atoms with Crippen LogP contribution in [0.4, 0.5) is 5.69 Å². The Morgan fingerprint density at radius 1 is 1.12 bits per heavy atom. The molecule has 0 fully saturated rings. The van der Waals surface area contributed by atoms with Gasteiger partial charge in [-0.15, -0.1) is 0 Å². The predicted molar refractivity (Wildman–Crippen MR) is 101 cm³/mol. The van der Waals surface area contributed by atoms with E-state index in [1.54, 1.807) is 30.3 Å². The van der Waals surface area contributed by atoms with Crippen molar-refractivity contribution in [1.29, 1.82) is 0 Å². The zero-order valence-corrected chi connectivity index (χ0v) is 15.4. The minimum absolute atomic E-state index is 0.339. The average molecular weight is 356 g/mol. The molecule has 0 radical (unpaired) electrons. The van der Waals surface area contributed by atoms with Gasteiger partial charge in [-0.05, 0) is 49.2 Å². The lowest BCUT2D eigenvalue weighted by Crippen LogP contribution is -2.40. The van der Waals surface area contributed by atoms with Crippen molar-refractivity contribution in [2.24, 2.45) is 5.84 Å². The van der Waals surface area contributed by atoms with Crippen molar-refractivity contribution in [2.75, 3.05) is 12.1 Å². The molecule has 0 aromatic heterocycles. The topological polar surface area (TPSA) is 96.7 Å². The maximum Gasteiger partial charge on any atom is 0.269 e. The second-order valence-electron chi connectivity index (χ2n) is 6.09. The van der Waals surface area contributed by atoms with Gasteiger partial charge in [-0.1, -0.05) is 12.1 Å². The first-order chi connectivity index (χ1) is 12.3. The summed E-state index contributed by atoms with van der Waals surface area (Å²) in [6, 6.07) is 11.0. The summed E-state index contributed by atoms with van der Waals surface area (Å²) in [6.45, 7) is 5.55. The fraction of sp³-hybridized carbons (Fsp3) is 0.263. The molecule has 0 spiro atoms. The summed E-state index contributed by atoms with van der Waals surface area (Å²) in [5.41, 5.74) is 8.83. The summed E-state index contributed by atoms with van der Waals surface area (Å²) in [4.78, 5) is 22.8. The second-order valence-corrected chi connectivity index (χ2v) is 6.09. The number of benzene rings is 2. The number of amides is 2. The van der Waals surface area contributed by atoms with E-state index in [-0.39, 0.29) is 11.8 Å². The van der Waals surface area contributed by atoms with Crippen LogP contribution in [-0.4, -0.2) is 18.9 Å². The Hall–Kier alpha value is -3.06. The van der Waals surface area contributed by atoms with E-state index in [4.69, 9.17) is 10.6 Å². The quantitative estimate of drug-likeness (QED) is 0.562. The van der Waals surface area contributed by atoms with Gasteiger partial charge < -0.3 is 9.75 Å². The highest BCUT2D eigenvalue weighted by Gasteiger charge is 2.11. The summed E-state index contributed by atoms with van der Waals surface area (Å²) >= 11 is 0. The van der Waals surface area contributed by atoms with Crippen molar-refractivity contribution in [3.05, 3.63) is 58.7 Å². The van der Waals surface area contributed by atoms with Gasteiger partial charge in [0, 0.05) is 25.1 Å². The van der Waals surface area contributed by atoms with Crippen molar-refractivity contribution in [3.8, 4) is 5.75 Å². The van der Waals surface area contributed by atoms with Crippen molar-refractivity contribution in [3.63, 3.8) is 0 Å². The molecule has 0 aliphatic heterocycles. The number of hydrogen-bond donors (Lipinski definition) is 3. The van der Waals surface area contributed by atoms with Crippen LogP contribution in [0.1, 0.15) is 34.0 Å². The molecule has 0 saturated carbocycles. The van der Waals surface area contributed by atoms with Crippen molar-refractivity contribution < 1.29 is 14.3 Å². The number of carbonyl (C=O) groups excluding carboxylic acids is 2. The van der Waals surface area contributed by atoms with Crippen LogP contribution in [0.3, 0.4) is 0 Å². The third-order valence-electron chi connectivity index (χ3n) is 3.93. The Kier molecular flexibility index (Phi) is 6.19. The molecule has 0 unspecified atom stereocenters. The summed E-state index contributed by atoms with van der Waals surface area (Å²) in [5.74, 6) is 5.84. The van der Waals surface area contributed by atoms with Crippen LogP contribution >= 0.6 is 0 Å². The molecule has 2 aromatic rings. The largest absolute Gasteiger partial charge is 0.489 e. The minimum atomic E-state index is -0.388. The maximum atomic E-state index is 12.0. The maximum absolute atomic E-state index is 12.0. The Morgan fingerprint density at radius 3 is 2.46 bits per heavy atom. The predicted octanol–water partition coefficient (Wildman–Crippen LogP) is 1.97. The number of ether oxygens (including phenoxy) is 1. The van der Waals surface area contributed by atoms with E-state index in [0.717, 1.165) is 22.4 Å². The summed E-state index contributed by atoms with van der Waals surface area (Å²) in [7, 11) is 1.78. The lowest BCUT2D eigenvalue weighted by Gasteiger charge is -2.19. The molecule has 0 heterocycles. The highest BCUT2D eigenvalue weighted by Crippen LogP contribution is 2.25. The third kappa shape index (κ3) is 4.73. The number of anilines is 1. The van der Waals surface area contributed by atoms with Crippen LogP contribution < -0.4 is 26.4 Å². The van der Waals surface area contributed by atoms with Gasteiger partial charge in [0.25, 0.3) is 5.91 Å². The van der Waals surface area contributed by atoms with Gasteiger partial charge in [-0.25, -0.2) is 5.84 Å². The van der Waals surface area contributed by atoms with Crippen LogP contribution in [0.15, 0.2) is 36.4 Å². The molecule has 0 aliphatic rings. The molecule has 0 aliphatic carbocycles. The minimum Gasteiger partial charge on any atom is -0.489 e. The van der Waals surface area contributed by atoms with Gasteiger partial charge >= 0.3 is 0 Å². The van der Waals surface area contributed by atoms with Crippen LogP contribution in [0.25, 0.3) is 0 Å². The van der Waals surface area contributed by atoms with Crippen LogP contribution in [0.2, 0.25) is 0 Å². The summed E-state index contributed by atoms with van der Waals surface area (Å²) in [6.07, 6.45) is 0. The monoisotopic (exact) mass is 356 g/mol. The van der Waals surface area contributed by atoms with Gasteiger partial charge in [0.2, 0.25) is 5.91 Å². The molecule has 0 saturated heterocycles. The molecular formula is C19H24N4O3. The number of aryl methyl sites for hydroxylation is 2. The molecule has 2 amide bonds. The lowest BCUT2D eigenvalue weighted by atomic mass is 10.1. The number of carbonyl (C=O) groups is 2. The molecule has 7 heteroatoms. The van der Waals surface area contributed by atoms with E-state index >= 15 is 0 Å². The highest BCUT2D eigenvalue weighted by molar-refractivity contribution is 5.95. The van der Waals surface area contributed by atoms with Gasteiger partial charge in [0.05, 0.1) is 5.69 Å². The second kappa shape index (κ2) is 8.35. The molecule has 2 aromatic carbocycles. The first kappa shape index (κ1) is 19.3. The van der Waals surface area contributed by atoms with E-state index in [2.05, 4.69) is 10.9 Å². The van der Waals surface area contributed by atoms with E-state index in [9.17, 15) is 9.59 Å². The van der Waals surface area contributed by atoms with Crippen LogP contribution in [-0.2, 0) is 11.4 Å². The van der Waals surface area contributed by atoms with E-state index in [1.807, 2.05) is 32.0 Å². The number of nitrogens with one attached hydrogen (secondary N) is 2. The Labute approximate surface area is 153 Å². The normalized spacial score (nSPS) is 10.2. The Morgan fingerprint density at radius 2 is 1.85 bits per heavy atom. The van der Waals surface area contributed by atoms with Crippen LogP contribution in [0.5, 0.6) is 5.75 Å². The molecule has 0 bridgehead atoms. The van der Waals surface area contributed by atoms with Gasteiger partial charge in [0.1, 0.15) is 12.4 Å². The van der Waals surface area contributed by atoms with Gasteiger partial charge in [-0.3, -0.25) is 20.4 Å². The lowest BCUT2D eigenvalue weighted by molar-refractivity contribution is -0.119. The molecule has 7 nitrogen and oxygen atoms in total. The fourth-order valence-corrected chi connectivity index (χ4v) is 2.52. The van der Waals surface area contributed by atoms with E-state index in [1.165, 1.54) is 6.92 Å². The molecule has 138 valence electrons. The SMILES string of the molecule is CC(=O)NNC(=O)c1ccc(OCc2c(C)cccc2N(C)N)c(C)c1. The number of hydrazine groups is 2. The average Bonchev–Trinajstić information content (AvgIpc) is 2.59. The van der Waals surface area contributed by atoms with E-state index < -0.39 is 0 Å². The molecule has 26 heavy (non-hydrogen) atoms. The molecular weight excluding hydrogens is 332 g/mol. The first-order valence-corrected chi connectivity index (χ1v) is 8.17. The van der Waals surface area contributed by atoms with Gasteiger partial charge in [-0.2, -0.15) is 0 Å². The molecule has 4 N–H and O–H groups in total. The first-order valence-electron chi connectivity index (χ1n) is 8.17. The number of hydrogen-bond acceptors (Lipinski definition) is 5. The third-order valence-corrected chi connectivity index (χ3v) is 3.93. The van der Waals surface area contributed by atoms with Crippen molar-refractivity contribution >= 4 is 17.5 Å². The highest BCUT2D eigenvalue weighted by atomic mass is 16.5. The fourth-order valence-electron chi connectivity index (χ4n) is 2.52. The standard InChI is InChI=1S/C19H24N4O3/c1-12-6-5-7-17(23(4)20)16(12)11-26-18-9-8-15(10-13(18)2)19(25)22-21-14(3)24/h5-10H,11,20H2,1-4H3,(H,21,24)(H,22,25). The zero-order valence-electron chi connectivity index (χ0n) is 15.4. The summed E-state index contributed by atoms with van der Waals surface area (Å²) in [5, 5.41) is 1.56. The summed E-state index contributed by atoms with van der Waals surface area (Å²) < 4.78 is 5.94. The van der Waals surface area contributed by atoms with Gasteiger partial charge in [0.15, 0.2) is 0 Å². The number of nitrogens with zero attached hydrogens (tertiary/aromatic N) is 1. The molecule has 0 atom stereocenters. The zero-order chi connectivity index (χ0) is 19.3. The van der Waals surface area contributed by atoms with Crippen LogP contribution in [0, 0.1) is 13.8 Å².